The molecule has 6 heteroatoms. The van der Waals surface area contributed by atoms with Crippen molar-refractivity contribution in [2.75, 3.05) is 24.6 Å². The lowest BCUT2D eigenvalue weighted by Gasteiger charge is -2.22. The second-order valence-electron chi connectivity index (χ2n) is 4.78. The highest BCUT2D eigenvalue weighted by Gasteiger charge is 2.17. The van der Waals surface area contributed by atoms with Gasteiger partial charge in [0, 0.05) is 25.0 Å². The number of anilines is 1. The maximum absolute atomic E-state index is 12.4. The summed E-state index contributed by atoms with van der Waals surface area (Å²) in [7, 11) is 0. The number of rotatable bonds is 7. The van der Waals surface area contributed by atoms with Gasteiger partial charge in [0.2, 0.25) is 0 Å². The van der Waals surface area contributed by atoms with Gasteiger partial charge in [0.1, 0.15) is 6.54 Å². The van der Waals surface area contributed by atoms with Gasteiger partial charge in [-0.05, 0) is 27.2 Å². The van der Waals surface area contributed by atoms with E-state index in [2.05, 4.69) is 4.98 Å². The Balaban J connectivity index is 3.06. The summed E-state index contributed by atoms with van der Waals surface area (Å²) in [5.41, 5.74) is -0.180. The molecule has 0 amide bonds. The molecule has 1 aromatic rings. The minimum Gasteiger partial charge on any atom is -0.465 e. The molecule has 0 radical (unpaired) electrons. The van der Waals surface area contributed by atoms with Gasteiger partial charge < -0.3 is 14.2 Å². The van der Waals surface area contributed by atoms with Crippen LogP contribution in [0.3, 0.4) is 0 Å². The monoisotopic (exact) mass is 281 g/mol. The molecule has 0 aliphatic heterocycles. The zero-order chi connectivity index (χ0) is 15.1. The third-order valence-electron chi connectivity index (χ3n) is 2.82. The highest BCUT2D eigenvalue weighted by atomic mass is 16.5. The molecule has 0 atom stereocenters. The van der Waals surface area contributed by atoms with Gasteiger partial charge in [-0.25, -0.2) is 4.98 Å². The van der Waals surface area contributed by atoms with Crippen LogP contribution in [0.4, 0.5) is 5.82 Å². The van der Waals surface area contributed by atoms with Crippen LogP contribution in [0.2, 0.25) is 0 Å². The minimum absolute atomic E-state index is 0.0476. The van der Waals surface area contributed by atoms with E-state index in [4.69, 9.17) is 4.74 Å². The molecule has 1 aromatic heterocycles. The fourth-order valence-corrected chi connectivity index (χ4v) is 1.93. The van der Waals surface area contributed by atoms with E-state index in [1.165, 1.54) is 0 Å². The van der Waals surface area contributed by atoms with Gasteiger partial charge in [-0.2, -0.15) is 0 Å². The van der Waals surface area contributed by atoms with E-state index in [-0.39, 0.29) is 24.1 Å². The summed E-state index contributed by atoms with van der Waals surface area (Å²) in [5, 5.41) is 0. The number of nitrogens with zero attached hydrogens (tertiary/aromatic N) is 3. The molecule has 0 aliphatic carbocycles. The van der Waals surface area contributed by atoms with Crippen molar-refractivity contribution >= 4 is 11.8 Å². The Bertz CT molecular complexity index is 497. The molecule has 0 fully saturated rings. The maximum Gasteiger partial charge on any atom is 0.325 e. The molecule has 0 saturated heterocycles. The number of hydrogen-bond acceptors (Lipinski definition) is 5. The summed E-state index contributed by atoms with van der Waals surface area (Å²) in [6, 6.07) is 0.0512. The summed E-state index contributed by atoms with van der Waals surface area (Å²) in [4.78, 5) is 29.8. The zero-order valence-electron chi connectivity index (χ0n) is 12.6. The number of carbonyl (C=O) groups excluding carboxylic acids is 1. The quantitative estimate of drug-likeness (QED) is 0.710. The van der Waals surface area contributed by atoms with Crippen molar-refractivity contribution in [1.82, 2.24) is 9.55 Å². The fraction of sp³-hybridized carbons (Fsp3) is 0.643. The minimum atomic E-state index is -0.345. The van der Waals surface area contributed by atoms with E-state index in [9.17, 15) is 9.59 Å². The number of hydrogen-bond donors (Lipinski definition) is 0. The molecule has 112 valence electrons. The lowest BCUT2D eigenvalue weighted by Crippen LogP contribution is -2.38. The van der Waals surface area contributed by atoms with E-state index >= 15 is 0 Å². The SMILES string of the molecule is CCCN(CC(=O)OCC)c1nccn(C(C)C)c1=O. The van der Waals surface area contributed by atoms with E-state index < -0.39 is 0 Å². The predicted molar refractivity (Wildman–Crippen MR) is 78.0 cm³/mol. The maximum atomic E-state index is 12.4. The topological polar surface area (TPSA) is 64.4 Å². The van der Waals surface area contributed by atoms with Crippen molar-refractivity contribution in [1.29, 1.82) is 0 Å². The first-order valence-corrected chi connectivity index (χ1v) is 6.98. The molecule has 0 saturated carbocycles. The summed E-state index contributed by atoms with van der Waals surface area (Å²) in [5.74, 6) is -0.0433. The second kappa shape index (κ2) is 7.67. The second-order valence-corrected chi connectivity index (χ2v) is 4.78. The van der Waals surface area contributed by atoms with Gasteiger partial charge in [-0.15, -0.1) is 0 Å². The van der Waals surface area contributed by atoms with Crippen LogP contribution in [0.1, 0.15) is 40.2 Å². The molecule has 0 unspecified atom stereocenters. The van der Waals surface area contributed by atoms with Crippen LogP contribution in [0.25, 0.3) is 0 Å². The van der Waals surface area contributed by atoms with Crippen molar-refractivity contribution in [3.05, 3.63) is 22.7 Å². The molecular formula is C14H23N3O3. The Kier molecular flexibility index (Phi) is 6.21. The third kappa shape index (κ3) is 4.08. The summed E-state index contributed by atoms with van der Waals surface area (Å²) in [6.07, 6.45) is 4.06. The van der Waals surface area contributed by atoms with Crippen LogP contribution in [-0.2, 0) is 9.53 Å². The number of ether oxygens (including phenoxy) is 1. The van der Waals surface area contributed by atoms with Crippen LogP contribution in [-0.4, -0.2) is 35.2 Å². The molecule has 6 nitrogen and oxygen atoms in total. The first-order valence-electron chi connectivity index (χ1n) is 6.98. The molecule has 1 rings (SSSR count). The molecular weight excluding hydrogens is 258 g/mol. The molecule has 0 spiro atoms. The number of esters is 1. The standard InChI is InChI=1S/C14H23N3O3/c1-5-8-16(10-12(18)20-6-2)13-14(19)17(11(3)4)9-7-15-13/h7,9,11H,5-6,8,10H2,1-4H3. The highest BCUT2D eigenvalue weighted by molar-refractivity contribution is 5.75. The van der Waals surface area contributed by atoms with Gasteiger partial charge in [0.25, 0.3) is 5.56 Å². The van der Waals surface area contributed by atoms with Crippen LogP contribution < -0.4 is 10.5 Å². The summed E-state index contributed by atoms with van der Waals surface area (Å²) in [6.45, 7) is 8.57. The molecule has 0 aliphatic rings. The van der Waals surface area contributed by atoms with Crippen molar-refractivity contribution < 1.29 is 9.53 Å². The molecule has 0 aromatic carbocycles. The van der Waals surface area contributed by atoms with E-state index in [0.717, 1.165) is 6.42 Å². The van der Waals surface area contributed by atoms with Crippen molar-refractivity contribution in [3.8, 4) is 0 Å². The summed E-state index contributed by atoms with van der Waals surface area (Å²) >= 11 is 0. The molecule has 0 N–H and O–H groups in total. The lowest BCUT2D eigenvalue weighted by molar-refractivity contribution is -0.141. The fourth-order valence-electron chi connectivity index (χ4n) is 1.93. The molecule has 0 bridgehead atoms. The van der Waals surface area contributed by atoms with Gasteiger partial charge in [-0.3, -0.25) is 9.59 Å². The first-order chi connectivity index (χ1) is 9.51. The normalized spacial score (nSPS) is 10.7. The third-order valence-corrected chi connectivity index (χ3v) is 2.82. The Labute approximate surface area is 119 Å². The number of aromatic nitrogens is 2. The lowest BCUT2D eigenvalue weighted by atomic mass is 10.3. The van der Waals surface area contributed by atoms with Crippen LogP contribution in [0, 0.1) is 0 Å². The van der Waals surface area contributed by atoms with E-state index in [1.54, 1.807) is 28.8 Å². The van der Waals surface area contributed by atoms with Gasteiger partial charge in [0.05, 0.1) is 6.61 Å². The van der Waals surface area contributed by atoms with Gasteiger partial charge >= 0.3 is 5.97 Å². The van der Waals surface area contributed by atoms with Gasteiger partial charge in [0.15, 0.2) is 5.82 Å². The Morgan fingerprint density at radius 1 is 1.45 bits per heavy atom. The van der Waals surface area contributed by atoms with Crippen LogP contribution in [0.15, 0.2) is 17.2 Å². The van der Waals surface area contributed by atoms with Crippen LogP contribution in [0.5, 0.6) is 0 Å². The average molecular weight is 281 g/mol. The number of carbonyl (C=O) groups is 1. The first kappa shape index (κ1) is 16.2. The largest absolute Gasteiger partial charge is 0.465 e. The van der Waals surface area contributed by atoms with Crippen LogP contribution >= 0.6 is 0 Å². The smallest absolute Gasteiger partial charge is 0.325 e. The predicted octanol–water partition coefficient (Wildman–Crippen LogP) is 1.60. The molecule has 1 heterocycles. The molecule has 20 heavy (non-hydrogen) atoms. The summed E-state index contributed by atoms with van der Waals surface area (Å²) < 4.78 is 6.55. The Hall–Kier alpha value is -1.85. The van der Waals surface area contributed by atoms with Crippen molar-refractivity contribution in [2.24, 2.45) is 0 Å². The van der Waals surface area contributed by atoms with E-state index in [0.29, 0.717) is 19.0 Å². The van der Waals surface area contributed by atoms with Crippen molar-refractivity contribution in [3.63, 3.8) is 0 Å². The highest BCUT2D eigenvalue weighted by Crippen LogP contribution is 2.07. The van der Waals surface area contributed by atoms with Gasteiger partial charge in [-0.1, -0.05) is 6.92 Å². The Morgan fingerprint density at radius 2 is 2.15 bits per heavy atom. The van der Waals surface area contributed by atoms with Crippen molar-refractivity contribution in [2.45, 2.75) is 40.2 Å². The average Bonchev–Trinajstić information content (AvgIpc) is 2.38. The van der Waals surface area contributed by atoms with E-state index in [1.807, 2.05) is 20.8 Å². The Morgan fingerprint density at radius 3 is 2.70 bits per heavy atom. The zero-order valence-corrected chi connectivity index (χ0v) is 12.6.